The van der Waals surface area contributed by atoms with Crippen LogP contribution in [0.1, 0.15) is 44.5 Å². The molecule has 0 saturated carbocycles. The standard InChI is InChI=1S/C30H26ClN5O3/c1-2-33-26(37)16-9-18-7-13-21(14-8-18)36-28-23(27(35-36)29(32)38)15-11-19-10-12-20(17-24(19)28)34-30(39)22-5-3-4-6-25(22)31/h3-10,12-14,16-17H,2,11,15H2,1H3,(H2,32,38)(H,33,37)(H,34,39). The van der Waals surface area contributed by atoms with Crippen LogP contribution >= 0.6 is 11.6 Å². The molecule has 8 nitrogen and oxygen atoms in total. The minimum Gasteiger partial charge on any atom is -0.364 e. The average Bonchev–Trinajstić information content (AvgIpc) is 3.33. The summed E-state index contributed by atoms with van der Waals surface area (Å²) in [6.45, 7) is 2.42. The number of halogens is 1. The second kappa shape index (κ2) is 11.0. The van der Waals surface area contributed by atoms with Crippen molar-refractivity contribution in [1.82, 2.24) is 15.1 Å². The molecule has 4 N–H and O–H groups in total. The Kier molecular flexibility index (Phi) is 7.29. The van der Waals surface area contributed by atoms with Crippen molar-refractivity contribution in [3.05, 3.63) is 106 Å². The van der Waals surface area contributed by atoms with E-state index in [0.717, 1.165) is 33.6 Å². The van der Waals surface area contributed by atoms with Gasteiger partial charge in [0.1, 0.15) is 0 Å². The summed E-state index contributed by atoms with van der Waals surface area (Å²) in [6, 6.07) is 20.0. The Balaban J connectivity index is 1.52. The van der Waals surface area contributed by atoms with Crippen LogP contribution in [0.4, 0.5) is 5.69 Å². The lowest BCUT2D eigenvalue weighted by Crippen LogP contribution is -2.19. The molecule has 0 saturated heterocycles. The fourth-order valence-electron chi connectivity index (χ4n) is 4.68. The lowest BCUT2D eigenvalue weighted by Gasteiger charge is -2.20. The van der Waals surface area contributed by atoms with Crippen molar-refractivity contribution < 1.29 is 14.4 Å². The van der Waals surface area contributed by atoms with E-state index in [9.17, 15) is 14.4 Å². The van der Waals surface area contributed by atoms with E-state index < -0.39 is 5.91 Å². The van der Waals surface area contributed by atoms with E-state index >= 15 is 0 Å². The van der Waals surface area contributed by atoms with Crippen molar-refractivity contribution >= 4 is 41.1 Å². The van der Waals surface area contributed by atoms with Gasteiger partial charge in [0.05, 0.1) is 22.0 Å². The molecule has 0 radical (unpaired) electrons. The number of nitrogens with zero attached hydrogens (tertiary/aromatic N) is 2. The molecular weight excluding hydrogens is 514 g/mol. The van der Waals surface area contributed by atoms with E-state index in [0.29, 0.717) is 35.7 Å². The molecule has 0 fully saturated rings. The maximum atomic E-state index is 12.9. The first-order chi connectivity index (χ1) is 18.9. The van der Waals surface area contributed by atoms with Gasteiger partial charge < -0.3 is 16.4 Å². The van der Waals surface area contributed by atoms with Crippen molar-refractivity contribution in [3.63, 3.8) is 0 Å². The van der Waals surface area contributed by atoms with E-state index in [1.54, 1.807) is 35.0 Å². The van der Waals surface area contributed by atoms with E-state index in [1.807, 2.05) is 49.4 Å². The van der Waals surface area contributed by atoms with Crippen LogP contribution in [0.5, 0.6) is 0 Å². The minimum absolute atomic E-state index is 0.164. The van der Waals surface area contributed by atoms with Gasteiger partial charge in [-0.15, -0.1) is 0 Å². The largest absolute Gasteiger partial charge is 0.364 e. The number of rotatable bonds is 7. The molecule has 3 amide bonds. The average molecular weight is 540 g/mol. The highest BCUT2D eigenvalue weighted by molar-refractivity contribution is 6.34. The first kappa shape index (κ1) is 25.9. The summed E-state index contributed by atoms with van der Waals surface area (Å²) in [5, 5.41) is 10.6. The molecule has 4 aromatic rings. The number of benzene rings is 3. The highest BCUT2D eigenvalue weighted by Gasteiger charge is 2.28. The first-order valence-corrected chi connectivity index (χ1v) is 12.9. The monoisotopic (exact) mass is 539 g/mol. The van der Waals surface area contributed by atoms with Gasteiger partial charge in [-0.3, -0.25) is 14.4 Å². The van der Waals surface area contributed by atoms with E-state index in [2.05, 4.69) is 15.7 Å². The molecule has 0 aliphatic heterocycles. The highest BCUT2D eigenvalue weighted by Crippen LogP contribution is 2.38. The number of carbonyl (C=O) groups excluding carboxylic acids is 3. The molecule has 0 bridgehead atoms. The number of hydrogen-bond donors (Lipinski definition) is 3. The fourth-order valence-corrected chi connectivity index (χ4v) is 4.90. The Hall–Kier alpha value is -4.69. The molecule has 1 aliphatic rings. The predicted molar refractivity (Wildman–Crippen MR) is 152 cm³/mol. The first-order valence-electron chi connectivity index (χ1n) is 12.5. The van der Waals surface area contributed by atoms with Crippen molar-refractivity contribution in [1.29, 1.82) is 0 Å². The Morgan fingerprint density at radius 1 is 1.05 bits per heavy atom. The number of anilines is 1. The van der Waals surface area contributed by atoms with Crippen LogP contribution < -0.4 is 16.4 Å². The van der Waals surface area contributed by atoms with Crippen LogP contribution in [-0.2, 0) is 17.6 Å². The number of amides is 3. The molecule has 39 heavy (non-hydrogen) atoms. The summed E-state index contributed by atoms with van der Waals surface area (Å²) in [7, 11) is 0. The van der Waals surface area contributed by atoms with Crippen LogP contribution in [0.25, 0.3) is 23.0 Å². The zero-order chi connectivity index (χ0) is 27.5. The summed E-state index contributed by atoms with van der Waals surface area (Å²) >= 11 is 6.21. The molecule has 3 aromatic carbocycles. The molecule has 1 aromatic heterocycles. The Morgan fingerprint density at radius 2 is 1.82 bits per heavy atom. The lowest BCUT2D eigenvalue weighted by atomic mass is 9.88. The molecule has 1 aliphatic carbocycles. The van der Waals surface area contributed by atoms with Gasteiger partial charge in [0.2, 0.25) is 5.91 Å². The molecule has 1 heterocycles. The maximum absolute atomic E-state index is 12.9. The van der Waals surface area contributed by atoms with Gasteiger partial charge >= 0.3 is 0 Å². The summed E-state index contributed by atoms with van der Waals surface area (Å²) in [5.41, 5.74) is 11.9. The van der Waals surface area contributed by atoms with Crippen LogP contribution in [-0.4, -0.2) is 34.0 Å². The van der Waals surface area contributed by atoms with Gasteiger partial charge in [-0.05, 0) is 73.4 Å². The maximum Gasteiger partial charge on any atom is 0.269 e. The van der Waals surface area contributed by atoms with Gasteiger partial charge in [-0.1, -0.05) is 41.9 Å². The third-order valence-corrected chi connectivity index (χ3v) is 6.85. The van der Waals surface area contributed by atoms with E-state index in [-0.39, 0.29) is 17.5 Å². The normalized spacial score (nSPS) is 12.1. The SMILES string of the molecule is CCNC(=O)C=Cc1ccc(-n2nc(C(N)=O)c3c2-c2cc(NC(=O)c4ccccc4Cl)ccc2CC3)cc1. The van der Waals surface area contributed by atoms with Crippen molar-refractivity contribution in [3.8, 4) is 16.9 Å². The summed E-state index contributed by atoms with van der Waals surface area (Å²) in [6.07, 6.45) is 4.52. The number of nitrogens with two attached hydrogens (primary N) is 1. The number of aromatic nitrogens is 2. The molecule has 9 heteroatoms. The van der Waals surface area contributed by atoms with Gasteiger partial charge in [-0.25, -0.2) is 4.68 Å². The smallest absolute Gasteiger partial charge is 0.269 e. The number of carbonyl (C=O) groups is 3. The summed E-state index contributed by atoms with van der Waals surface area (Å²) in [4.78, 5) is 37.0. The van der Waals surface area contributed by atoms with Gasteiger partial charge in [0.15, 0.2) is 5.69 Å². The number of fused-ring (bicyclic) bond motifs is 3. The number of hydrogen-bond acceptors (Lipinski definition) is 4. The second-order valence-electron chi connectivity index (χ2n) is 9.08. The van der Waals surface area contributed by atoms with Crippen molar-refractivity contribution in [2.24, 2.45) is 5.73 Å². The van der Waals surface area contributed by atoms with Crippen LogP contribution in [0.2, 0.25) is 5.02 Å². The number of primary amides is 1. The molecule has 0 spiro atoms. The quantitative estimate of drug-likeness (QED) is 0.292. The topological polar surface area (TPSA) is 119 Å². The third kappa shape index (κ3) is 5.32. The lowest BCUT2D eigenvalue weighted by molar-refractivity contribution is -0.116. The number of nitrogens with one attached hydrogen (secondary N) is 2. The zero-order valence-corrected chi connectivity index (χ0v) is 22.0. The summed E-state index contributed by atoms with van der Waals surface area (Å²) in [5.74, 6) is -1.08. The van der Waals surface area contributed by atoms with Crippen molar-refractivity contribution in [2.45, 2.75) is 19.8 Å². The van der Waals surface area contributed by atoms with E-state index in [4.69, 9.17) is 17.3 Å². The van der Waals surface area contributed by atoms with Crippen LogP contribution in [0, 0.1) is 0 Å². The van der Waals surface area contributed by atoms with Crippen LogP contribution in [0.15, 0.2) is 72.8 Å². The highest BCUT2D eigenvalue weighted by atomic mass is 35.5. The number of aryl methyl sites for hydroxylation is 1. The summed E-state index contributed by atoms with van der Waals surface area (Å²) < 4.78 is 1.71. The fraction of sp³-hybridized carbons (Fsp3) is 0.133. The molecule has 5 rings (SSSR count). The molecule has 196 valence electrons. The molecule has 0 unspecified atom stereocenters. The third-order valence-electron chi connectivity index (χ3n) is 6.52. The van der Waals surface area contributed by atoms with Crippen molar-refractivity contribution in [2.75, 3.05) is 11.9 Å². The van der Waals surface area contributed by atoms with E-state index in [1.165, 1.54) is 6.08 Å². The van der Waals surface area contributed by atoms with Gasteiger partial charge in [0, 0.05) is 29.4 Å². The van der Waals surface area contributed by atoms with Gasteiger partial charge in [-0.2, -0.15) is 5.10 Å². The zero-order valence-electron chi connectivity index (χ0n) is 21.2. The predicted octanol–water partition coefficient (Wildman–Crippen LogP) is 4.79. The Bertz CT molecular complexity index is 1620. The van der Waals surface area contributed by atoms with Crippen LogP contribution in [0.3, 0.4) is 0 Å². The molecular formula is C30H26ClN5O3. The Morgan fingerprint density at radius 3 is 2.54 bits per heavy atom. The van der Waals surface area contributed by atoms with Gasteiger partial charge in [0.25, 0.3) is 11.8 Å². The second-order valence-corrected chi connectivity index (χ2v) is 9.48. The Labute approximate surface area is 230 Å². The number of likely N-dealkylation sites (N-methyl/N-ethyl adjacent to an activating group) is 1. The molecule has 0 atom stereocenters. The minimum atomic E-state index is -0.599.